The summed E-state index contributed by atoms with van der Waals surface area (Å²) < 4.78 is 7.79. The van der Waals surface area contributed by atoms with Crippen molar-refractivity contribution in [1.29, 1.82) is 0 Å². The first-order valence-electron chi connectivity index (χ1n) is 8.80. The largest absolute Gasteiger partial charge is 0.375 e. The van der Waals surface area contributed by atoms with E-state index in [0.717, 1.165) is 29.3 Å². The number of hydrogen-bond acceptors (Lipinski definition) is 4. The number of nitrogens with one attached hydrogen (secondary N) is 1. The summed E-state index contributed by atoms with van der Waals surface area (Å²) in [5.74, 6) is 0.735. The molecule has 2 aliphatic heterocycles. The van der Waals surface area contributed by atoms with Crippen molar-refractivity contribution in [2.45, 2.75) is 50.5 Å². The number of halogens is 1. The topological polar surface area (TPSA) is 59.4 Å². The van der Waals surface area contributed by atoms with Gasteiger partial charge in [0.05, 0.1) is 27.5 Å². The molecule has 0 radical (unpaired) electrons. The van der Waals surface area contributed by atoms with Gasteiger partial charge >= 0.3 is 0 Å². The zero-order chi connectivity index (χ0) is 18.5. The molecule has 0 saturated carbocycles. The van der Waals surface area contributed by atoms with Gasteiger partial charge < -0.3 is 4.74 Å². The molecule has 1 aromatic carbocycles. The molecule has 1 saturated heterocycles. The van der Waals surface area contributed by atoms with Crippen LogP contribution in [-0.4, -0.2) is 27.0 Å². The van der Waals surface area contributed by atoms with Crippen molar-refractivity contribution in [3.8, 4) is 0 Å². The van der Waals surface area contributed by atoms with Gasteiger partial charge in [0.2, 0.25) is 0 Å². The molecule has 4 rings (SSSR count). The number of benzene rings is 1. The first-order chi connectivity index (χ1) is 12.4. The molecule has 138 valence electrons. The lowest BCUT2D eigenvalue weighted by Crippen LogP contribution is -2.35. The summed E-state index contributed by atoms with van der Waals surface area (Å²) in [6, 6.07) is 7.87. The fourth-order valence-electron chi connectivity index (χ4n) is 3.80. The number of aromatic nitrogens is 2. The van der Waals surface area contributed by atoms with Crippen molar-refractivity contribution < 1.29 is 4.74 Å². The fourth-order valence-corrected chi connectivity index (χ4v) is 5.25. The molecular weight excluding hydrogens is 370 g/mol. The summed E-state index contributed by atoms with van der Waals surface area (Å²) in [4.78, 5) is 17.6. The van der Waals surface area contributed by atoms with Gasteiger partial charge in [0.15, 0.2) is 5.82 Å². The molecule has 0 aliphatic carbocycles. The molecule has 5 nitrogen and oxygen atoms in total. The maximum absolute atomic E-state index is 12.9. The van der Waals surface area contributed by atoms with Crippen LogP contribution in [0.25, 0.3) is 0 Å². The number of fused-ring (bicyclic) bond motifs is 1. The van der Waals surface area contributed by atoms with Gasteiger partial charge in [-0.1, -0.05) is 41.6 Å². The number of nitrogens with zero attached hydrogens (tertiary/aromatic N) is 2. The normalized spacial score (nSPS) is 24.8. The van der Waals surface area contributed by atoms with Crippen molar-refractivity contribution in [3.63, 3.8) is 0 Å². The van der Waals surface area contributed by atoms with Crippen molar-refractivity contribution >= 4 is 34.2 Å². The van der Waals surface area contributed by atoms with E-state index in [4.69, 9.17) is 21.3 Å². The van der Waals surface area contributed by atoms with Gasteiger partial charge in [0.1, 0.15) is 0 Å². The van der Waals surface area contributed by atoms with E-state index in [9.17, 15) is 4.79 Å². The van der Waals surface area contributed by atoms with Gasteiger partial charge in [-0.25, -0.2) is 4.99 Å². The van der Waals surface area contributed by atoms with Gasteiger partial charge in [-0.2, -0.15) is 0 Å². The Hall–Kier alpha value is -1.50. The minimum atomic E-state index is -0.207. The van der Waals surface area contributed by atoms with Crippen LogP contribution in [0, 0.1) is 0 Å². The Morgan fingerprint density at radius 3 is 2.88 bits per heavy atom. The predicted molar refractivity (Wildman–Crippen MR) is 107 cm³/mol. The second-order valence-corrected chi connectivity index (χ2v) is 9.16. The molecule has 0 unspecified atom stereocenters. The summed E-state index contributed by atoms with van der Waals surface area (Å²) in [6.07, 6.45) is 1.70. The van der Waals surface area contributed by atoms with Gasteiger partial charge in [0.25, 0.3) is 5.56 Å². The third-order valence-corrected chi connectivity index (χ3v) is 6.48. The number of hydrogen-bond donors (Lipinski definition) is 1. The molecule has 0 spiro atoms. The summed E-state index contributed by atoms with van der Waals surface area (Å²) in [7, 11) is 0. The van der Waals surface area contributed by atoms with E-state index in [0.29, 0.717) is 17.2 Å². The van der Waals surface area contributed by atoms with Gasteiger partial charge in [-0.3, -0.25) is 14.6 Å². The van der Waals surface area contributed by atoms with Crippen LogP contribution in [-0.2, 0) is 4.74 Å². The molecule has 2 aliphatic rings. The lowest BCUT2D eigenvalue weighted by molar-refractivity contribution is -0.0705. The lowest BCUT2D eigenvalue weighted by Gasteiger charge is -2.36. The van der Waals surface area contributed by atoms with Crippen molar-refractivity contribution in [2.75, 3.05) is 6.61 Å². The average Bonchev–Trinajstić information content (AvgIpc) is 2.90. The fraction of sp³-hybridized carbons (Fsp3) is 0.474. The summed E-state index contributed by atoms with van der Waals surface area (Å²) in [5, 5.41) is 4.50. The molecule has 0 bridgehead atoms. The van der Waals surface area contributed by atoms with Crippen molar-refractivity contribution in [3.05, 3.63) is 50.8 Å². The Labute approximate surface area is 161 Å². The highest BCUT2D eigenvalue weighted by molar-refractivity contribution is 8.14. The maximum atomic E-state index is 12.9. The minimum absolute atomic E-state index is 0.0852. The third-order valence-electron chi connectivity index (χ3n) is 4.97. The molecule has 7 heteroatoms. The maximum Gasteiger partial charge on any atom is 0.271 e. The van der Waals surface area contributed by atoms with Crippen LogP contribution in [0.15, 0.2) is 34.1 Å². The van der Waals surface area contributed by atoms with Gasteiger partial charge in [0, 0.05) is 11.6 Å². The SMILES string of the molecule is CC1=Nc2c(c(=O)[nH]n2[C@@H]2CCOC(C)(C)C2)[C@H](c2ccccc2Cl)S1. The van der Waals surface area contributed by atoms with E-state index in [-0.39, 0.29) is 22.5 Å². The number of ether oxygens (including phenoxy) is 1. The van der Waals surface area contributed by atoms with Crippen LogP contribution in [0.2, 0.25) is 5.02 Å². The smallest absolute Gasteiger partial charge is 0.271 e. The standard InChI is InChI=1S/C19H22ClN3O2S/c1-11-21-17-15(16(26-11)13-6-4-5-7-14(13)20)18(24)22-23(17)12-8-9-25-19(2,3)10-12/h4-7,12,16H,8-10H2,1-3H3,(H,22,24)/t12-,16+/m1/s1. The zero-order valence-corrected chi connectivity index (χ0v) is 16.7. The average molecular weight is 392 g/mol. The van der Waals surface area contributed by atoms with Gasteiger partial charge in [-0.05, 0) is 45.2 Å². The Morgan fingerprint density at radius 2 is 2.15 bits per heavy atom. The highest BCUT2D eigenvalue weighted by atomic mass is 35.5. The Kier molecular flexibility index (Phi) is 4.53. The molecule has 1 N–H and O–H groups in total. The second-order valence-electron chi connectivity index (χ2n) is 7.45. The number of rotatable bonds is 2. The van der Waals surface area contributed by atoms with Crippen molar-refractivity contribution in [2.24, 2.45) is 4.99 Å². The van der Waals surface area contributed by atoms with E-state index in [1.807, 2.05) is 35.9 Å². The van der Waals surface area contributed by atoms with Crippen LogP contribution in [0.4, 0.5) is 5.82 Å². The Bertz CT molecular complexity index is 931. The quantitative estimate of drug-likeness (QED) is 0.796. The van der Waals surface area contributed by atoms with Crippen LogP contribution >= 0.6 is 23.4 Å². The molecular formula is C19H22ClN3O2S. The summed E-state index contributed by atoms with van der Waals surface area (Å²) >= 11 is 8.01. The van der Waals surface area contributed by atoms with Crippen LogP contribution < -0.4 is 5.56 Å². The molecule has 0 amide bonds. The monoisotopic (exact) mass is 391 g/mol. The molecule has 26 heavy (non-hydrogen) atoms. The highest BCUT2D eigenvalue weighted by Gasteiger charge is 2.36. The van der Waals surface area contributed by atoms with Crippen LogP contribution in [0.1, 0.15) is 56.0 Å². The number of H-pyrrole nitrogens is 1. The minimum Gasteiger partial charge on any atom is -0.375 e. The first kappa shape index (κ1) is 17.9. The zero-order valence-electron chi connectivity index (χ0n) is 15.1. The number of aliphatic imine (C=N–C) groups is 1. The van der Waals surface area contributed by atoms with E-state index >= 15 is 0 Å². The Balaban J connectivity index is 1.82. The predicted octanol–water partition coefficient (Wildman–Crippen LogP) is 4.85. The summed E-state index contributed by atoms with van der Waals surface area (Å²) in [6.45, 7) is 6.83. The van der Waals surface area contributed by atoms with E-state index in [1.54, 1.807) is 11.8 Å². The van der Waals surface area contributed by atoms with E-state index in [1.165, 1.54) is 0 Å². The molecule has 2 aromatic rings. The van der Waals surface area contributed by atoms with E-state index in [2.05, 4.69) is 18.9 Å². The number of aromatic amines is 1. The molecule has 1 aromatic heterocycles. The van der Waals surface area contributed by atoms with Crippen LogP contribution in [0.5, 0.6) is 0 Å². The highest BCUT2D eigenvalue weighted by Crippen LogP contribution is 2.46. The second kappa shape index (κ2) is 6.59. The lowest BCUT2D eigenvalue weighted by atomic mass is 9.94. The van der Waals surface area contributed by atoms with Gasteiger partial charge in [-0.15, -0.1) is 0 Å². The first-order valence-corrected chi connectivity index (χ1v) is 10.1. The third kappa shape index (κ3) is 3.15. The molecule has 1 fully saturated rings. The molecule has 3 heterocycles. The van der Waals surface area contributed by atoms with E-state index < -0.39 is 0 Å². The number of thioether (sulfide) groups is 1. The summed E-state index contributed by atoms with van der Waals surface area (Å²) in [5.41, 5.74) is 1.35. The Morgan fingerprint density at radius 1 is 1.38 bits per heavy atom. The van der Waals surface area contributed by atoms with Crippen molar-refractivity contribution in [1.82, 2.24) is 9.78 Å². The van der Waals surface area contributed by atoms with Crippen LogP contribution in [0.3, 0.4) is 0 Å². The molecule has 2 atom stereocenters.